The fourth-order valence-electron chi connectivity index (χ4n) is 0.700. The van der Waals surface area contributed by atoms with Crippen LogP contribution in [0.2, 0.25) is 0 Å². The quantitative estimate of drug-likeness (QED) is 0.461. The number of allylic oxidation sites excluding steroid dienone is 3. The maximum absolute atomic E-state index is 8.47. The Bertz CT molecular complexity index is 303. The van der Waals surface area contributed by atoms with Gasteiger partial charge in [0, 0.05) is 0 Å². The third-order valence-corrected chi connectivity index (χ3v) is 1.21. The first kappa shape index (κ1) is 6.36. The van der Waals surface area contributed by atoms with Gasteiger partial charge < -0.3 is 0 Å². The van der Waals surface area contributed by atoms with Crippen LogP contribution in [0.25, 0.3) is 0 Å². The molecule has 0 N–H and O–H groups in total. The summed E-state index contributed by atoms with van der Waals surface area (Å²) >= 11 is 0. The fourth-order valence-corrected chi connectivity index (χ4v) is 0.700. The van der Waals surface area contributed by atoms with Gasteiger partial charge in [0.15, 0.2) is 0 Å². The molecule has 0 aromatic heterocycles. The molecule has 0 saturated carbocycles. The summed E-state index contributed by atoms with van der Waals surface area (Å²) in [5.41, 5.74) is 3.08. The molecular weight excluding hydrogens is 124 g/mol. The van der Waals surface area contributed by atoms with E-state index in [-0.39, 0.29) is 0 Å². The zero-order valence-corrected chi connectivity index (χ0v) is 5.20. The van der Waals surface area contributed by atoms with Crippen LogP contribution >= 0.6 is 0 Å². The van der Waals surface area contributed by atoms with E-state index in [0.717, 1.165) is 0 Å². The average molecular weight is 128 g/mol. The SMILES string of the molecule is N#CC1=C=CC=CC1C#N. The Morgan fingerprint density at radius 2 is 2.30 bits per heavy atom. The van der Waals surface area contributed by atoms with Crippen molar-refractivity contribution in [3.8, 4) is 12.1 Å². The average Bonchev–Trinajstić information content (AvgIpc) is 2.04. The molecule has 0 heterocycles. The lowest BCUT2D eigenvalue weighted by Gasteiger charge is -1.98. The van der Waals surface area contributed by atoms with Gasteiger partial charge in [0.05, 0.1) is 11.6 Å². The van der Waals surface area contributed by atoms with E-state index in [2.05, 4.69) is 5.73 Å². The molecule has 2 nitrogen and oxygen atoms in total. The molecule has 1 aliphatic carbocycles. The van der Waals surface area contributed by atoms with Crippen molar-refractivity contribution >= 4 is 0 Å². The molecule has 1 rings (SSSR count). The normalized spacial score (nSPS) is 21.0. The van der Waals surface area contributed by atoms with Crippen LogP contribution in [0.5, 0.6) is 0 Å². The fraction of sp³-hybridized carbons (Fsp3) is 0.125. The van der Waals surface area contributed by atoms with Crippen LogP contribution in [-0.2, 0) is 0 Å². The molecule has 46 valence electrons. The summed E-state index contributed by atoms with van der Waals surface area (Å²) in [4.78, 5) is 0. The van der Waals surface area contributed by atoms with Crippen LogP contribution in [0, 0.1) is 28.6 Å². The van der Waals surface area contributed by atoms with Crippen molar-refractivity contribution in [2.24, 2.45) is 5.92 Å². The van der Waals surface area contributed by atoms with E-state index in [1.807, 2.05) is 12.1 Å². The topological polar surface area (TPSA) is 47.6 Å². The Balaban J connectivity index is 3.04. The summed E-state index contributed by atoms with van der Waals surface area (Å²) in [6.07, 6.45) is 5.02. The van der Waals surface area contributed by atoms with Crippen LogP contribution in [0.15, 0.2) is 29.5 Å². The Hall–Kier alpha value is -1.76. The molecule has 1 unspecified atom stereocenters. The predicted molar refractivity (Wildman–Crippen MR) is 35.5 cm³/mol. The van der Waals surface area contributed by atoms with Gasteiger partial charge in [-0.1, -0.05) is 12.2 Å². The van der Waals surface area contributed by atoms with E-state index in [1.54, 1.807) is 18.2 Å². The maximum Gasteiger partial charge on any atom is 0.107 e. The third kappa shape index (κ3) is 0.977. The second kappa shape index (κ2) is 2.69. The minimum Gasteiger partial charge on any atom is -0.197 e. The summed E-state index contributed by atoms with van der Waals surface area (Å²) < 4.78 is 0. The first-order valence-corrected chi connectivity index (χ1v) is 2.81. The highest BCUT2D eigenvalue weighted by Gasteiger charge is 2.09. The molecule has 0 spiro atoms. The van der Waals surface area contributed by atoms with Crippen molar-refractivity contribution in [3.63, 3.8) is 0 Å². The number of hydrogen-bond donors (Lipinski definition) is 0. The first-order valence-electron chi connectivity index (χ1n) is 2.81. The van der Waals surface area contributed by atoms with Crippen molar-refractivity contribution in [1.29, 1.82) is 10.5 Å². The van der Waals surface area contributed by atoms with Gasteiger partial charge in [0.1, 0.15) is 12.0 Å². The molecule has 2 heteroatoms. The van der Waals surface area contributed by atoms with Crippen LogP contribution in [0.4, 0.5) is 0 Å². The van der Waals surface area contributed by atoms with Gasteiger partial charge in [0.25, 0.3) is 0 Å². The van der Waals surface area contributed by atoms with E-state index in [4.69, 9.17) is 10.5 Å². The molecule has 0 fully saturated rings. The van der Waals surface area contributed by atoms with Gasteiger partial charge in [0.2, 0.25) is 0 Å². The van der Waals surface area contributed by atoms with Crippen LogP contribution in [-0.4, -0.2) is 0 Å². The van der Waals surface area contributed by atoms with Crippen molar-refractivity contribution in [3.05, 3.63) is 29.5 Å². The van der Waals surface area contributed by atoms with Crippen molar-refractivity contribution < 1.29 is 0 Å². The van der Waals surface area contributed by atoms with Gasteiger partial charge in [-0.2, -0.15) is 10.5 Å². The number of rotatable bonds is 0. The summed E-state index contributed by atoms with van der Waals surface area (Å²) in [5, 5.41) is 16.9. The minimum absolute atomic E-state index is 0.394. The molecular formula is C8H4N2. The highest BCUT2D eigenvalue weighted by atomic mass is 14.3. The van der Waals surface area contributed by atoms with E-state index in [0.29, 0.717) is 5.57 Å². The van der Waals surface area contributed by atoms with E-state index >= 15 is 0 Å². The monoisotopic (exact) mass is 128 g/mol. The van der Waals surface area contributed by atoms with E-state index in [1.165, 1.54) is 0 Å². The largest absolute Gasteiger partial charge is 0.197 e. The molecule has 0 bridgehead atoms. The van der Waals surface area contributed by atoms with Gasteiger partial charge in [-0.25, -0.2) is 0 Å². The highest BCUT2D eigenvalue weighted by molar-refractivity contribution is 5.36. The number of nitrogens with zero attached hydrogens (tertiary/aromatic N) is 2. The number of hydrogen-bond acceptors (Lipinski definition) is 2. The van der Waals surface area contributed by atoms with E-state index < -0.39 is 5.92 Å². The number of nitriles is 2. The molecule has 1 atom stereocenters. The van der Waals surface area contributed by atoms with Gasteiger partial charge in [-0.05, 0) is 6.08 Å². The summed E-state index contributed by atoms with van der Waals surface area (Å²) in [7, 11) is 0. The smallest absolute Gasteiger partial charge is 0.107 e. The van der Waals surface area contributed by atoms with Crippen LogP contribution in [0.3, 0.4) is 0 Å². The molecule has 0 aromatic carbocycles. The Labute approximate surface area is 59.0 Å². The van der Waals surface area contributed by atoms with Crippen LogP contribution in [0.1, 0.15) is 0 Å². The third-order valence-electron chi connectivity index (χ3n) is 1.21. The lowest BCUT2D eigenvalue weighted by molar-refractivity contribution is 1.02. The second-order valence-electron chi connectivity index (χ2n) is 1.83. The molecule has 0 aromatic rings. The Kier molecular flexibility index (Phi) is 1.71. The zero-order valence-electron chi connectivity index (χ0n) is 5.20. The van der Waals surface area contributed by atoms with Crippen molar-refractivity contribution in [1.82, 2.24) is 0 Å². The van der Waals surface area contributed by atoms with E-state index in [9.17, 15) is 0 Å². The molecule has 0 aliphatic heterocycles. The zero-order chi connectivity index (χ0) is 7.40. The first-order chi connectivity index (χ1) is 4.88. The lowest BCUT2D eigenvalue weighted by atomic mass is 10.00. The summed E-state index contributed by atoms with van der Waals surface area (Å²) in [5.74, 6) is -0.394. The lowest BCUT2D eigenvalue weighted by Crippen LogP contribution is -1.95. The standard InChI is InChI=1S/C8H4N2/c9-5-7-3-1-2-4-8(7)6-10/h1-3,7H. The second-order valence-corrected chi connectivity index (χ2v) is 1.83. The van der Waals surface area contributed by atoms with Crippen molar-refractivity contribution in [2.75, 3.05) is 0 Å². The minimum atomic E-state index is -0.394. The van der Waals surface area contributed by atoms with Gasteiger partial charge in [-0.3, -0.25) is 0 Å². The maximum atomic E-state index is 8.47. The molecule has 0 radical (unpaired) electrons. The highest BCUT2D eigenvalue weighted by Crippen LogP contribution is 2.12. The van der Waals surface area contributed by atoms with Gasteiger partial charge >= 0.3 is 0 Å². The molecule has 10 heavy (non-hydrogen) atoms. The Morgan fingerprint density at radius 1 is 1.50 bits per heavy atom. The summed E-state index contributed by atoms with van der Waals surface area (Å²) in [6, 6.07) is 3.88. The van der Waals surface area contributed by atoms with Gasteiger partial charge in [-0.15, -0.1) is 5.73 Å². The summed E-state index contributed by atoms with van der Waals surface area (Å²) in [6.45, 7) is 0. The van der Waals surface area contributed by atoms with Crippen molar-refractivity contribution in [2.45, 2.75) is 0 Å². The van der Waals surface area contributed by atoms with Crippen LogP contribution < -0.4 is 0 Å². The molecule has 0 saturated heterocycles. The molecule has 0 amide bonds. The molecule has 1 aliphatic rings. The Morgan fingerprint density at radius 3 is 2.80 bits per heavy atom. The predicted octanol–water partition coefficient (Wildman–Crippen LogP) is 1.30.